The second-order valence-corrected chi connectivity index (χ2v) is 5.85. The fourth-order valence-corrected chi connectivity index (χ4v) is 2.93. The number of likely N-dealkylation sites (tertiary alicyclic amines) is 1. The molecule has 1 atom stereocenters. The van der Waals surface area contributed by atoms with Crippen LogP contribution < -0.4 is 10.6 Å². The van der Waals surface area contributed by atoms with Crippen molar-refractivity contribution in [1.29, 1.82) is 0 Å². The molecule has 1 saturated heterocycles. The normalized spacial score (nSPS) is 16.6. The molecule has 7 heteroatoms. The monoisotopic (exact) mass is 452 g/mol. The van der Waals surface area contributed by atoms with Crippen molar-refractivity contribution >= 4 is 29.9 Å². The zero-order chi connectivity index (χ0) is 16.7. The highest BCUT2D eigenvalue weighted by Crippen LogP contribution is 2.13. The molecule has 1 heterocycles. The minimum absolute atomic E-state index is 0. The van der Waals surface area contributed by atoms with Gasteiger partial charge in [0.05, 0.1) is 0 Å². The first-order chi connectivity index (χ1) is 11.1. The summed E-state index contributed by atoms with van der Waals surface area (Å²) in [5.41, 5.74) is 0.291. The van der Waals surface area contributed by atoms with Crippen molar-refractivity contribution in [2.24, 2.45) is 4.99 Å². The van der Waals surface area contributed by atoms with Gasteiger partial charge in [-0.1, -0.05) is 6.92 Å². The van der Waals surface area contributed by atoms with Crippen molar-refractivity contribution < 1.29 is 8.78 Å². The van der Waals surface area contributed by atoms with Gasteiger partial charge in [-0.3, -0.25) is 9.89 Å². The molecule has 1 aliphatic heterocycles. The summed E-state index contributed by atoms with van der Waals surface area (Å²) >= 11 is 0. The highest BCUT2D eigenvalue weighted by Gasteiger charge is 2.20. The van der Waals surface area contributed by atoms with E-state index >= 15 is 0 Å². The predicted molar refractivity (Wildman–Crippen MR) is 105 cm³/mol. The van der Waals surface area contributed by atoms with Gasteiger partial charge in [-0.05, 0) is 50.6 Å². The quantitative estimate of drug-likeness (QED) is 0.396. The van der Waals surface area contributed by atoms with Crippen molar-refractivity contribution in [2.45, 2.75) is 38.8 Å². The maximum Gasteiger partial charge on any atom is 0.191 e. The Labute approximate surface area is 160 Å². The van der Waals surface area contributed by atoms with Crippen molar-refractivity contribution in [2.75, 3.05) is 26.7 Å². The lowest BCUT2D eigenvalue weighted by Gasteiger charge is -2.27. The molecule has 0 radical (unpaired) electrons. The van der Waals surface area contributed by atoms with Crippen molar-refractivity contribution in [3.8, 4) is 0 Å². The number of nitrogens with zero attached hydrogens (tertiary/aromatic N) is 2. The molecule has 1 fully saturated rings. The Balaban J connectivity index is 0.00000288. The highest BCUT2D eigenvalue weighted by molar-refractivity contribution is 14.0. The largest absolute Gasteiger partial charge is 0.355 e. The number of hydrogen-bond donors (Lipinski definition) is 2. The number of halogens is 3. The van der Waals surface area contributed by atoms with E-state index in [4.69, 9.17) is 0 Å². The molecule has 136 valence electrons. The van der Waals surface area contributed by atoms with E-state index in [0.29, 0.717) is 17.6 Å². The van der Waals surface area contributed by atoms with Gasteiger partial charge in [-0.2, -0.15) is 0 Å². The average Bonchev–Trinajstić information content (AvgIpc) is 3.08. The van der Waals surface area contributed by atoms with Crippen LogP contribution in [0, 0.1) is 11.6 Å². The Bertz CT molecular complexity index is 533. The summed E-state index contributed by atoms with van der Waals surface area (Å²) in [5, 5.41) is 6.32. The number of benzene rings is 1. The van der Waals surface area contributed by atoms with Crippen LogP contribution in [0.3, 0.4) is 0 Å². The lowest BCUT2D eigenvalue weighted by atomic mass is 10.2. The van der Waals surface area contributed by atoms with Crippen LogP contribution in [0.4, 0.5) is 8.78 Å². The fraction of sp³-hybridized carbons (Fsp3) is 0.588. The molecule has 2 rings (SSSR count). The summed E-state index contributed by atoms with van der Waals surface area (Å²) in [7, 11) is 1.67. The van der Waals surface area contributed by atoms with Gasteiger partial charge in [-0.15, -0.1) is 24.0 Å². The minimum Gasteiger partial charge on any atom is -0.355 e. The first-order valence-electron chi connectivity index (χ1n) is 8.26. The summed E-state index contributed by atoms with van der Waals surface area (Å²) in [5.74, 6) is -0.254. The third-order valence-electron chi connectivity index (χ3n) is 4.31. The van der Waals surface area contributed by atoms with E-state index in [1.165, 1.54) is 18.9 Å². The van der Waals surface area contributed by atoms with E-state index in [9.17, 15) is 8.78 Å². The summed E-state index contributed by atoms with van der Waals surface area (Å²) in [6.45, 7) is 5.48. The maximum absolute atomic E-state index is 13.6. The van der Waals surface area contributed by atoms with E-state index in [1.807, 2.05) is 0 Å². The van der Waals surface area contributed by atoms with E-state index in [1.54, 1.807) is 7.05 Å². The molecule has 0 aromatic heterocycles. The lowest BCUT2D eigenvalue weighted by molar-refractivity contribution is 0.236. The highest BCUT2D eigenvalue weighted by atomic mass is 127. The van der Waals surface area contributed by atoms with Gasteiger partial charge >= 0.3 is 0 Å². The first kappa shape index (κ1) is 21.1. The van der Waals surface area contributed by atoms with E-state index in [2.05, 4.69) is 27.4 Å². The van der Waals surface area contributed by atoms with Gasteiger partial charge in [0.15, 0.2) is 5.96 Å². The second kappa shape index (κ2) is 10.8. The smallest absolute Gasteiger partial charge is 0.191 e. The molecule has 0 spiro atoms. The van der Waals surface area contributed by atoms with Crippen LogP contribution in [0.15, 0.2) is 23.2 Å². The summed E-state index contributed by atoms with van der Waals surface area (Å²) < 4.78 is 26.8. The molecule has 1 unspecified atom stereocenters. The Kier molecular flexibility index (Phi) is 9.50. The standard InChI is InChI=1S/C17H26F2N4.HI/c1-3-15(23-8-4-5-9-23)12-22-17(20-2)21-11-13-10-14(18)6-7-16(13)19;/h6-7,10,15H,3-5,8-9,11-12H2,1-2H3,(H2,20,21,22);1H. The number of nitrogens with one attached hydrogen (secondary N) is 2. The maximum atomic E-state index is 13.6. The SMILES string of the molecule is CCC(CNC(=NC)NCc1cc(F)ccc1F)N1CCCC1.I. The van der Waals surface area contributed by atoms with Crippen LogP contribution in [0.5, 0.6) is 0 Å². The third kappa shape index (κ3) is 6.16. The number of hydrogen-bond acceptors (Lipinski definition) is 2. The summed E-state index contributed by atoms with van der Waals surface area (Å²) in [4.78, 5) is 6.64. The molecule has 0 bridgehead atoms. The average molecular weight is 452 g/mol. The Morgan fingerprint density at radius 1 is 1.25 bits per heavy atom. The summed E-state index contributed by atoms with van der Waals surface area (Å²) in [6.07, 6.45) is 3.60. The zero-order valence-electron chi connectivity index (χ0n) is 14.3. The molecule has 0 aliphatic carbocycles. The topological polar surface area (TPSA) is 39.7 Å². The molecule has 2 N–H and O–H groups in total. The molecule has 0 saturated carbocycles. The van der Waals surface area contributed by atoms with Gasteiger partial charge in [-0.25, -0.2) is 8.78 Å². The molecular weight excluding hydrogens is 425 g/mol. The van der Waals surface area contributed by atoms with Gasteiger partial charge in [0.1, 0.15) is 11.6 Å². The molecule has 1 aromatic rings. The van der Waals surface area contributed by atoms with Crippen LogP contribution in [0.25, 0.3) is 0 Å². The molecule has 1 aromatic carbocycles. The Morgan fingerprint density at radius 3 is 2.58 bits per heavy atom. The van der Waals surface area contributed by atoms with Crippen molar-refractivity contribution in [3.05, 3.63) is 35.4 Å². The van der Waals surface area contributed by atoms with Gasteiger partial charge in [0.2, 0.25) is 0 Å². The fourth-order valence-electron chi connectivity index (χ4n) is 2.93. The van der Waals surface area contributed by atoms with Gasteiger partial charge < -0.3 is 10.6 Å². The lowest BCUT2D eigenvalue weighted by Crippen LogP contribution is -2.46. The van der Waals surface area contributed by atoms with Crippen LogP contribution in [-0.4, -0.2) is 43.6 Å². The molecule has 0 amide bonds. The molecule has 24 heavy (non-hydrogen) atoms. The first-order valence-corrected chi connectivity index (χ1v) is 8.26. The third-order valence-corrected chi connectivity index (χ3v) is 4.31. The van der Waals surface area contributed by atoms with Crippen molar-refractivity contribution in [3.63, 3.8) is 0 Å². The van der Waals surface area contributed by atoms with E-state index in [0.717, 1.165) is 38.2 Å². The number of rotatable bonds is 6. The van der Waals surface area contributed by atoms with Gasteiger partial charge in [0, 0.05) is 31.7 Å². The second-order valence-electron chi connectivity index (χ2n) is 5.85. The number of guanidine groups is 1. The van der Waals surface area contributed by atoms with Crippen LogP contribution in [0.1, 0.15) is 31.7 Å². The van der Waals surface area contributed by atoms with Gasteiger partial charge in [0.25, 0.3) is 0 Å². The van der Waals surface area contributed by atoms with Crippen LogP contribution in [0.2, 0.25) is 0 Å². The minimum atomic E-state index is -0.439. The Morgan fingerprint density at radius 2 is 1.96 bits per heavy atom. The Hall–Kier alpha value is -0.960. The van der Waals surface area contributed by atoms with E-state index < -0.39 is 11.6 Å². The van der Waals surface area contributed by atoms with E-state index in [-0.39, 0.29) is 30.5 Å². The molecule has 1 aliphatic rings. The van der Waals surface area contributed by atoms with Crippen molar-refractivity contribution in [1.82, 2.24) is 15.5 Å². The molecular formula is C17H27F2IN4. The number of aliphatic imine (C=N–C) groups is 1. The zero-order valence-corrected chi connectivity index (χ0v) is 16.6. The summed E-state index contributed by atoms with van der Waals surface area (Å²) in [6, 6.07) is 3.94. The molecule has 4 nitrogen and oxygen atoms in total. The van der Waals surface area contributed by atoms with Crippen LogP contribution in [-0.2, 0) is 6.54 Å². The predicted octanol–water partition coefficient (Wildman–Crippen LogP) is 3.12. The van der Waals surface area contributed by atoms with Crippen LogP contribution >= 0.6 is 24.0 Å².